The smallest absolute Gasteiger partial charge is 0.225 e. The van der Waals surface area contributed by atoms with Gasteiger partial charge in [0.1, 0.15) is 0 Å². The number of rotatable bonds is 7. The number of anilines is 1. The summed E-state index contributed by atoms with van der Waals surface area (Å²) in [5.41, 5.74) is 0. The highest BCUT2D eigenvalue weighted by Gasteiger charge is 2.00. The number of hydrogen-bond donors (Lipinski definition) is 1. The molecule has 4 nitrogen and oxygen atoms in total. The van der Waals surface area contributed by atoms with Crippen LogP contribution in [0.5, 0.6) is 5.88 Å². The van der Waals surface area contributed by atoms with Crippen molar-refractivity contribution in [1.29, 1.82) is 0 Å². The van der Waals surface area contributed by atoms with E-state index in [-0.39, 0.29) is 5.38 Å². The van der Waals surface area contributed by atoms with Crippen molar-refractivity contribution in [3.63, 3.8) is 0 Å². The summed E-state index contributed by atoms with van der Waals surface area (Å²) in [7, 11) is 0. The summed E-state index contributed by atoms with van der Waals surface area (Å²) in [6.07, 6.45) is 3.53. The lowest BCUT2D eigenvalue weighted by molar-refractivity contribution is 0.305. The van der Waals surface area contributed by atoms with Gasteiger partial charge in [0.25, 0.3) is 0 Å². The summed E-state index contributed by atoms with van der Waals surface area (Å²) >= 11 is 5.84. The Morgan fingerprint density at radius 3 is 3.06 bits per heavy atom. The normalized spacial score (nSPS) is 12.2. The third kappa shape index (κ3) is 5.16. The molecule has 1 atom stereocenters. The Hall–Kier alpha value is -1.03. The van der Waals surface area contributed by atoms with Gasteiger partial charge in [-0.05, 0) is 19.8 Å². The lowest BCUT2D eigenvalue weighted by Crippen LogP contribution is -2.09. The van der Waals surface area contributed by atoms with Crippen LogP contribution in [0.4, 0.5) is 5.95 Å². The third-order valence-corrected chi connectivity index (χ3v) is 2.13. The molecular formula is C11H18ClN3O. The lowest BCUT2D eigenvalue weighted by Gasteiger charge is -2.07. The molecule has 0 bridgehead atoms. The maximum atomic E-state index is 5.84. The SMILES string of the molecule is CCCOc1ccnc(NCCC(C)Cl)n1. The van der Waals surface area contributed by atoms with E-state index in [1.165, 1.54) is 0 Å². The number of halogens is 1. The number of aromatic nitrogens is 2. The fraction of sp³-hybridized carbons (Fsp3) is 0.636. The maximum absolute atomic E-state index is 5.84. The number of alkyl halides is 1. The maximum Gasteiger partial charge on any atom is 0.225 e. The summed E-state index contributed by atoms with van der Waals surface area (Å²) in [5.74, 6) is 1.20. The van der Waals surface area contributed by atoms with Crippen molar-refractivity contribution in [1.82, 2.24) is 9.97 Å². The van der Waals surface area contributed by atoms with Crippen molar-refractivity contribution in [3.05, 3.63) is 12.3 Å². The highest BCUT2D eigenvalue weighted by Crippen LogP contribution is 2.09. The molecule has 1 aromatic heterocycles. The molecule has 16 heavy (non-hydrogen) atoms. The van der Waals surface area contributed by atoms with Crippen LogP contribution in [0, 0.1) is 0 Å². The fourth-order valence-electron chi connectivity index (χ4n) is 1.10. The first-order valence-corrected chi connectivity index (χ1v) is 5.99. The monoisotopic (exact) mass is 243 g/mol. The first-order chi connectivity index (χ1) is 7.72. The summed E-state index contributed by atoms with van der Waals surface area (Å²) in [6.45, 7) is 5.46. The van der Waals surface area contributed by atoms with Gasteiger partial charge in [-0.25, -0.2) is 4.98 Å². The summed E-state index contributed by atoms with van der Waals surface area (Å²) < 4.78 is 5.41. The van der Waals surface area contributed by atoms with Gasteiger partial charge in [0.2, 0.25) is 11.8 Å². The molecule has 90 valence electrons. The summed E-state index contributed by atoms with van der Waals surface area (Å²) in [4.78, 5) is 8.32. The molecule has 1 rings (SSSR count). The third-order valence-electron chi connectivity index (χ3n) is 1.91. The molecule has 0 fully saturated rings. The van der Waals surface area contributed by atoms with Gasteiger partial charge < -0.3 is 10.1 Å². The Labute approximate surface area is 101 Å². The zero-order valence-corrected chi connectivity index (χ0v) is 10.5. The van der Waals surface area contributed by atoms with Gasteiger partial charge >= 0.3 is 0 Å². The van der Waals surface area contributed by atoms with Crippen molar-refractivity contribution in [2.75, 3.05) is 18.5 Å². The minimum absolute atomic E-state index is 0.159. The number of hydrogen-bond acceptors (Lipinski definition) is 4. The zero-order chi connectivity index (χ0) is 11.8. The van der Waals surface area contributed by atoms with Crippen LogP contribution >= 0.6 is 11.6 Å². The number of nitrogens with one attached hydrogen (secondary N) is 1. The largest absolute Gasteiger partial charge is 0.478 e. The molecule has 0 amide bonds. The van der Waals surface area contributed by atoms with Crippen LogP contribution in [0.25, 0.3) is 0 Å². The Bertz CT molecular complexity index is 307. The van der Waals surface area contributed by atoms with Crippen LogP contribution in [-0.4, -0.2) is 28.5 Å². The second-order valence-electron chi connectivity index (χ2n) is 3.56. The zero-order valence-electron chi connectivity index (χ0n) is 9.74. The quantitative estimate of drug-likeness (QED) is 0.748. The second kappa shape index (κ2) is 7.28. The lowest BCUT2D eigenvalue weighted by atomic mass is 10.3. The second-order valence-corrected chi connectivity index (χ2v) is 4.31. The van der Waals surface area contributed by atoms with Crippen LogP contribution in [0.2, 0.25) is 0 Å². The Balaban J connectivity index is 2.40. The Kier molecular flexibility index (Phi) is 5.93. The molecule has 0 saturated heterocycles. The van der Waals surface area contributed by atoms with E-state index >= 15 is 0 Å². The fourth-order valence-corrected chi connectivity index (χ4v) is 1.21. The van der Waals surface area contributed by atoms with Crippen LogP contribution < -0.4 is 10.1 Å². The van der Waals surface area contributed by atoms with E-state index in [0.29, 0.717) is 18.4 Å². The van der Waals surface area contributed by atoms with Crippen LogP contribution in [0.3, 0.4) is 0 Å². The highest BCUT2D eigenvalue weighted by atomic mass is 35.5. The van der Waals surface area contributed by atoms with E-state index in [0.717, 1.165) is 19.4 Å². The molecule has 1 unspecified atom stereocenters. The molecule has 0 radical (unpaired) electrons. The summed E-state index contributed by atoms with van der Waals surface area (Å²) in [6, 6.07) is 1.75. The molecule has 0 aromatic carbocycles. The highest BCUT2D eigenvalue weighted by molar-refractivity contribution is 6.20. The van der Waals surface area contributed by atoms with Crippen molar-refractivity contribution in [2.24, 2.45) is 0 Å². The topological polar surface area (TPSA) is 47.0 Å². The van der Waals surface area contributed by atoms with Crippen molar-refractivity contribution < 1.29 is 4.74 Å². The number of nitrogens with zero attached hydrogens (tertiary/aromatic N) is 2. The van der Waals surface area contributed by atoms with Crippen molar-refractivity contribution in [3.8, 4) is 5.88 Å². The molecule has 0 spiro atoms. The standard InChI is InChI=1S/C11H18ClN3O/c1-3-8-16-10-5-7-14-11(15-10)13-6-4-9(2)12/h5,7,9H,3-4,6,8H2,1-2H3,(H,13,14,15). The van der Waals surface area contributed by atoms with Crippen LogP contribution in [0.15, 0.2) is 12.3 Å². The van der Waals surface area contributed by atoms with Gasteiger partial charge in [0, 0.05) is 24.2 Å². The average Bonchev–Trinajstić information content (AvgIpc) is 2.26. The first-order valence-electron chi connectivity index (χ1n) is 5.56. The van der Waals surface area contributed by atoms with Gasteiger partial charge in [0.15, 0.2) is 0 Å². The number of ether oxygens (including phenoxy) is 1. The van der Waals surface area contributed by atoms with E-state index in [2.05, 4.69) is 22.2 Å². The molecule has 1 heterocycles. The van der Waals surface area contributed by atoms with E-state index in [1.807, 2.05) is 6.92 Å². The van der Waals surface area contributed by atoms with Gasteiger partial charge in [-0.1, -0.05) is 6.92 Å². The van der Waals surface area contributed by atoms with E-state index in [1.54, 1.807) is 12.3 Å². The van der Waals surface area contributed by atoms with Gasteiger partial charge in [-0.2, -0.15) is 4.98 Å². The molecule has 0 aliphatic heterocycles. The van der Waals surface area contributed by atoms with Crippen LogP contribution in [-0.2, 0) is 0 Å². The minimum atomic E-state index is 0.159. The average molecular weight is 244 g/mol. The van der Waals surface area contributed by atoms with Gasteiger partial charge in [-0.15, -0.1) is 11.6 Å². The minimum Gasteiger partial charge on any atom is -0.478 e. The summed E-state index contributed by atoms with van der Waals surface area (Å²) in [5, 5.41) is 3.27. The molecule has 5 heteroatoms. The van der Waals surface area contributed by atoms with E-state index in [4.69, 9.17) is 16.3 Å². The molecule has 0 saturated carbocycles. The molecule has 1 N–H and O–H groups in total. The van der Waals surface area contributed by atoms with Gasteiger partial charge in [-0.3, -0.25) is 0 Å². The first kappa shape index (κ1) is 13.0. The van der Waals surface area contributed by atoms with E-state index < -0.39 is 0 Å². The predicted octanol–water partition coefficient (Wildman–Crippen LogP) is 2.69. The molecule has 0 aliphatic rings. The molecule has 1 aromatic rings. The van der Waals surface area contributed by atoms with Crippen molar-refractivity contribution in [2.45, 2.75) is 32.1 Å². The van der Waals surface area contributed by atoms with Crippen LogP contribution in [0.1, 0.15) is 26.7 Å². The molecule has 0 aliphatic carbocycles. The predicted molar refractivity (Wildman–Crippen MR) is 66.2 cm³/mol. The van der Waals surface area contributed by atoms with E-state index in [9.17, 15) is 0 Å². The Morgan fingerprint density at radius 1 is 1.56 bits per heavy atom. The molecular weight excluding hydrogens is 226 g/mol. The van der Waals surface area contributed by atoms with Gasteiger partial charge in [0.05, 0.1) is 6.61 Å². The van der Waals surface area contributed by atoms with Crippen molar-refractivity contribution >= 4 is 17.5 Å². The Morgan fingerprint density at radius 2 is 2.38 bits per heavy atom.